The third-order valence-corrected chi connectivity index (χ3v) is 13.9. The van der Waals surface area contributed by atoms with Crippen LogP contribution in [-0.2, 0) is 9.53 Å². The van der Waals surface area contributed by atoms with Gasteiger partial charge in [-0.25, -0.2) is 4.79 Å². The van der Waals surface area contributed by atoms with Crippen LogP contribution in [0.25, 0.3) is 11.1 Å². The molecule has 2 N–H and O–H groups in total. The predicted octanol–water partition coefficient (Wildman–Crippen LogP) is 9.05. The molecule has 44 heavy (non-hydrogen) atoms. The number of ether oxygens (including phenoxy) is 1. The summed E-state index contributed by atoms with van der Waals surface area (Å²) in [6.45, 7) is 7.83. The number of carboxylic acids is 1. The van der Waals surface area contributed by atoms with E-state index < -0.39 is 5.97 Å². The number of nitrogens with one attached hydrogen (secondary N) is 1. The minimum atomic E-state index is -0.657. The van der Waals surface area contributed by atoms with Gasteiger partial charge in [0.25, 0.3) is 0 Å². The highest BCUT2D eigenvalue weighted by Gasteiger charge is 2.60. The molecule has 2 aromatic rings. The molecule has 0 saturated heterocycles. The lowest BCUT2D eigenvalue weighted by Gasteiger charge is -2.61. The molecule has 0 bridgehead atoms. The van der Waals surface area contributed by atoms with E-state index in [1.807, 2.05) is 0 Å². The van der Waals surface area contributed by atoms with Gasteiger partial charge in [0.05, 0.1) is 0 Å². The molecule has 5 aliphatic carbocycles. The van der Waals surface area contributed by atoms with E-state index in [4.69, 9.17) is 4.74 Å². The maximum absolute atomic E-state index is 13.1. The van der Waals surface area contributed by atoms with Crippen LogP contribution < -0.4 is 5.32 Å². The molecule has 2 aromatic carbocycles. The van der Waals surface area contributed by atoms with Crippen LogP contribution in [0.4, 0.5) is 4.79 Å². The van der Waals surface area contributed by atoms with Gasteiger partial charge in [-0.1, -0.05) is 69.3 Å². The smallest absolute Gasteiger partial charge is 0.407 e. The van der Waals surface area contributed by atoms with Gasteiger partial charge in [0.15, 0.2) is 0 Å². The lowest BCUT2D eigenvalue weighted by atomic mass is 9.44. The summed E-state index contributed by atoms with van der Waals surface area (Å²) in [6, 6.07) is 17.2. The largest absolute Gasteiger partial charge is 0.481 e. The van der Waals surface area contributed by atoms with Gasteiger partial charge >= 0.3 is 12.1 Å². The molecule has 7 rings (SSSR count). The van der Waals surface area contributed by atoms with E-state index >= 15 is 0 Å². The Morgan fingerprint density at radius 3 is 2.25 bits per heavy atom. The predicted molar refractivity (Wildman–Crippen MR) is 173 cm³/mol. The Morgan fingerprint density at radius 1 is 0.886 bits per heavy atom. The van der Waals surface area contributed by atoms with Gasteiger partial charge in [-0.3, -0.25) is 4.79 Å². The number of carboxylic acid groups (broad SMARTS) is 1. The van der Waals surface area contributed by atoms with Crippen molar-refractivity contribution in [1.82, 2.24) is 5.32 Å². The highest BCUT2D eigenvalue weighted by molar-refractivity contribution is 5.79. The van der Waals surface area contributed by atoms with Gasteiger partial charge in [0.2, 0.25) is 0 Å². The van der Waals surface area contributed by atoms with E-state index in [2.05, 4.69) is 74.6 Å². The molecule has 0 aromatic heterocycles. The molecular weight excluding hydrogens is 546 g/mol. The van der Waals surface area contributed by atoms with Crippen molar-refractivity contribution < 1.29 is 19.4 Å². The minimum Gasteiger partial charge on any atom is -0.481 e. The SMILES string of the molecule is CC(CCC(=O)O)[C@H]1CCC2C3CC[C@@H]4C[C@@H](NC(=O)OCC5c6ccccc6-c6ccccc65)CC[C@]4(C)C3CC[C@@]21C. The molecule has 5 heteroatoms. The lowest BCUT2D eigenvalue weighted by Crippen LogP contribution is -2.55. The Kier molecular flexibility index (Phi) is 7.82. The van der Waals surface area contributed by atoms with Crippen molar-refractivity contribution >= 4 is 12.1 Å². The van der Waals surface area contributed by atoms with E-state index in [0.717, 1.165) is 37.0 Å². The zero-order chi connectivity index (χ0) is 30.6. The van der Waals surface area contributed by atoms with Crippen LogP contribution in [0.2, 0.25) is 0 Å². The number of rotatable bonds is 7. The van der Waals surface area contributed by atoms with Crippen molar-refractivity contribution in [2.45, 2.75) is 103 Å². The topological polar surface area (TPSA) is 75.6 Å². The highest BCUT2D eigenvalue weighted by atomic mass is 16.5. The third-order valence-electron chi connectivity index (χ3n) is 13.9. The average Bonchev–Trinajstić information content (AvgIpc) is 3.54. The fourth-order valence-corrected chi connectivity index (χ4v) is 11.7. The molecule has 4 fully saturated rings. The first-order valence-electron chi connectivity index (χ1n) is 17.5. The summed E-state index contributed by atoms with van der Waals surface area (Å²) in [5.74, 6) is 3.61. The average molecular weight is 598 g/mol. The minimum absolute atomic E-state index is 0.0883. The first kappa shape index (κ1) is 29.9. The number of aliphatic carboxylic acids is 1. The molecule has 4 saturated carbocycles. The van der Waals surface area contributed by atoms with Crippen molar-refractivity contribution in [2.24, 2.45) is 46.3 Å². The lowest BCUT2D eigenvalue weighted by molar-refractivity contribution is -0.137. The number of fused-ring (bicyclic) bond motifs is 8. The van der Waals surface area contributed by atoms with Gasteiger partial charge in [-0.15, -0.1) is 0 Å². The second-order valence-electron chi connectivity index (χ2n) is 15.7. The van der Waals surface area contributed by atoms with Gasteiger partial charge < -0.3 is 15.2 Å². The maximum Gasteiger partial charge on any atom is 0.407 e. The molecule has 0 spiro atoms. The van der Waals surface area contributed by atoms with Crippen LogP contribution in [0.1, 0.15) is 108 Å². The highest BCUT2D eigenvalue weighted by Crippen LogP contribution is 2.68. The fourth-order valence-electron chi connectivity index (χ4n) is 11.7. The van der Waals surface area contributed by atoms with Crippen LogP contribution in [-0.4, -0.2) is 29.8 Å². The molecule has 5 nitrogen and oxygen atoms in total. The first-order chi connectivity index (χ1) is 21.2. The molecule has 4 unspecified atom stereocenters. The fraction of sp³-hybridized carbons (Fsp3) is 0.641. The van der Waals surface area contributed by atoms with E-state index in [1.54, 1.807) is 0 Å². The van der Waals surface area contributed by atoms with Crippen LogP contribution in [0, 0.1) is 46.3 Å². The summed E-state index contributed by atoms with van der Waals surface area (Å²) in [5.41, 5.74) is 5.73. The van der Waals surface area contributed by atoms with E-state index in [9.17, 15) is 14.7 Å². The van der Waals surface area contributed by atoms with Crippen molar-refractivity contribution in [2.75, 3.05) is 6.61 Å². The van der Waals surface area contributed by atoms with E-state index in [0.29, 0.717) is 41.6 Å². The van der Waals surface area contributed by atoms with Crippen molar-refractivity contribution in [3.05, 3.63) is 59.7 Å². The zero-order valence-electron chi connectivity index (χ0n) is 26.9. The summed E-state index contributed by atoms with van der Waals surface area (Å²) < 4.78 is 5.93. The zero-order valence-corrected chi connectivity index (χ0v) is 26.9. The van der Waals surface area contributed by atoms with Crippen molar-refractivity contribution in [1.29, 1.82) is 0 Å². The Morgan fingerprint density at radius 2 is 1.55 bits per heavy atom. The van der Waals surface area contributed by atoms with E-state index in [1.165, 1.54) is 67.2 Å². The quantitative estimate of drug-likeness (QED) is 0.334. The molecule has 1 amide bonds. The normalized spacial score (nSPS) is 36.2. The maximum atomic E-state index is 13.1. The number of hydrogen-bond donors (Lipinski definition) is 2. The van der Waals surface area contributed by atoms with Gasteiger partial charge in [0, 0.05) is 18.4 Å². The van der Waals surface area contributed by atoms with Crippen molar-refractivity contribution in [3.63, 3.8) is 0 Å². The van der Waals surface area contributed by atoms with Crippen LogP contribution >= 0.6 is 0 Å². The van der Waals surface area contributed by atoms with Gasteiger partial charge in [0.1, 0.15) is 6.61 Å². The number of carbonyl (C=O) groups excluding carboxylic acids is 1. The number of carbonyl (C=O) groups is 2. The first-order valence-corrected chi connectivity index (χ1v) is 17.5. The van der Waals surface area contributed by atoms with Gasteiger partial charge in [-0.2, -0.15) is 0 Å². The molecule has 236 valence electrons. The van der Waals surface area contributed by atoms with Crippen molar-refractivity contribution in [3.8, 4) is 11.1 Å². The van der Waals surface area contributed by atoms with Gasteiger partial charge in [-0.05, 0) is 133 Å². The number of amides is 1. The molecule has 5 aliphatic rings. The monoisotopic (exact) mass is 597 g/mol. The number of benzene rings is 2. The summed E-state index contributed by atoms with van der Waals surface area (Å²) in [4.78, 5) is 24.4. The second-order valence-corrected chi connectivity index (χ2v) is 15.7. The summed E-state index contributed by atoms with van der Waals surface area (Å²) in [6.07, 6.45) is 11.9. The molecule has 9 atom stereocenters. The number of hydrogen-bond acceptors (Lipinski definition) is 3. The summed E-state index contributed by atoms with van der Waals surface area (Å²) >= 11 is 0. The Balaban J connectivity index is 0.958. The molecule has 0 aliphatic heterocycles. The standard InChI is InChI=1S/C39H51NO4/c1-24(12-17-36(41)42)33-15-16-34-31-14-13-25-22-26(18-20-38(25,2)35(31)19-21-39(33,34)3)40-37(43)44-23-32-29-10-6-4-8-27(29)28-9-5-7-11-30(28)32/h4-11,24-26,31-35H,12-23H2,1-3H3,(H,40,43)(H,41,42)/t24?,25-,26+,31?,33-,34?,35?,38+,39-/m1/s1. The summed E-state index contributed by atoms with van der Waals surface area (Å²) in [7, 11) is 0. The third kappa shape index (κ3) is 4.97. The van der Waals surface area contributed by atoms with Crippen LogP contribution in [0.15, 0.2) is 48.5 Å². The Hall–Kier alpha value is -2.82. The van der Waals surface area contributed by atoms with E-state index in [-0.39, 0.29) is 18.1 Å². The molecular formula is C39H51NO4. The Labute approximate surface area is 263 Å². The second kappa shape index (κ2) is 11.5. The summed E-state index contributed by atoms with van der Waals surface area (Å²) in [5, 5.41) is 12.6. The number of alkyl carbamates (subject to hydrolysis) is 1. The Bertz CT molecular complexity index is 1360. The molecule has 0 radical (unpaired) electrons. The molecule has 0 heterocycles. The van der Waals surface area contributed by atoms with Crippen LogP contribution in [0.3, 0.4) is 0 Å². The van der Waals surface area contributed by atoms with Crippen LogP contribution in [0.5, 0.6) is 0 Å².